The molecule has 0 amide bonds. The molecule has 0 saturated heterocycles. The third-order valence-electron chi connectivity index (χ3n) is 1.72. The van der Waals surface area contributed by atoms with E-state index in [4.69, 9.17) is 5.73 Å². The number of non-ortho nitro benzene ring substituents is 1. The quantitative estimate of drug-likeness (QED) is 0.183. The van der Waals surface area contributed by atoms with Gasteiger partial charge < -0.3 is 5.21 Å². The van der Waals surface area contributed by atoms with Crippen LogP contribution in [0.2, 0.25) is 0 Å². The largest absolute Gasteiger partial charge is 0.693 e. The van der Waals surface area contributed by atoms with E-state index < -0.39 is 4.92 Å². The molecule has 0 aliphatic heterocycles. The molecular weight excluding hydrogens is 200 g/mol. The number of nitrogens with one attached hydrogen (secondary N) is 1. The molecule has 0 fully saturated rings. The van der Waals surface area contributed by atoms with E-state index in [-0.39, 0.29) is 12.2 Å². The standard InChI is InChI=1S/C8H10N4O3/c9-6-11(13)10-5-7-1-3-8(4-2-7)12(14)15/h1-4,6,10H,5,9H2. The number of benzene rings is 1. The van der Waals surface area contributed by atoms with Gasteiger partial charge in [-0.2, -0.15) is 4.85 Å². The van der Waals surface area contributed by atoms with Crippen molar-refractivity contribution in [1.29, 1.82) is 0 Å². The van der Waals surface area contributed by atoms with E-state index in [1.807, 2.05) is 0 Å². The third kappa shape index (κ3) is 3.14. The first-order valence-electron chi connectivity index (χ1n) is 4.11. The van der Waals surface area contributed by atoms with Crippen molar-refractivity contribution in [3.8, 4) is 0 Å². The molecule has 0 atom stereocenters. The lowest BCUT2D eigenvalue weighted by Gasteiger charge is -2.09. The van der Waals surface area contributed by atoms with E-state index in [1.54, 1.807) is 12.1 Å². The van der Waals surface area contributed by atoms with Crippen molar-refractivity contribution in [2.45, 2.75) is 6.54 Å². The lowest BCUT2D eigenvalue weighted by molar-refractivity contribution is -0.522. The molecule has 0 aromatic heterocycles. The summed E-state index contributed by atoms with van der Waals surface area (Å²) >= 11 is 0. The summed E-state index contributed by atoms with van der Waals surface area (Å²) in [6, 6.07) is 5.88. The maximum atomic E-state index is 10.7. The summed E-state index contributed by atoms with van der Waals surface area (Å²) in [5.41, 5.74) is 8.13. The van der Waals surface area contributed by atoms with Crippen molar-refractivity contribution in [2.24, 2.45) is 5.73 Å². The first-order chi connectivity index (χ1) is 7.13. The number of rotatable bonds is 4. The molecule has 1 aromatic rings. The van der Waals surface area contributed by atoms with Gasteiger partial charge >= 0.3 is 0 Å². The lowest BCUT2D eigenvalue weighted by atomic mass is 10.2. The average molecular weight is 210 g/mol. The van der Waals surface area contributed by atoms with Gasteiger partial charge in [0.2, 0.25) is 0 Å². The predicted molar refractivity (Wildman–Crippen MR) is 53.8 cm³/mol. The molecule has 3 N–H and O–H groups in total. The molecule has 0 aliphatic rings. The molecule has 7 heteroatoms. The highest BCUT2D eigenvalue weighted by Gasteiger charge is 2.03. The number of hydrazone groups is 1. The lowest BCUT2D eigenvalue weighted by Crippen LogP contribution is -2.26. The maximum absolute atomic E-state index is 10.7. The zero-order chi connectivity index (χ0) is 11.3. The minimum Gasteiger partial charge on any atom is -0.693 e. The van der Waals surface area contributed by atoms with E-state index in [2.05, 4.69) is 5.43 Å². The van der Waals surface area contributed by atoms with Crippen molar-refractivity contribution >= 4 is 12.0 Å². The smallest absolute Gasteiger partial charge is 0.269 e. The topological polar surface area (TPSA) is 107 Å². The van der Waals surface area contributed by atoms with Gasteiger partial charge in [-0.05, 0) is 5.56 Å². The van der Waals surface area contributed by atoms with Gasteiger partial charge in [0, 0.05) is 12.1 Å². The highest BCUT2D eigenvalue weighted by Crippen LogP contribution is 2.11. The summed E-state index contributed by atoms with van der Waals surface area (Å²) in [4.78, 5) is 10.2. The van der Waals surface area contributed by atoms with Crippen molar-refractivity contribution in [1.82, 2.24) is 5.43 Å². The van der Waals surface area contributed by atoms with Gasteiger partial charge in [0.25, 0.3) is 12.0 Å². The molecule has 80 valence electrons. The second kappa shape index (κ2) is 4.80. The fraction of sp³-hybridized carbons (Fsp3) is 0.125. The molecule has 7 nitrogen and oxygen atoms in total. The van der Waals surface area contributed by atoms with Crippen LogP contribution in [0.25, 0.3) is 0 Å². The summed E-state index contributed by atoms with van der Waals surface area (Å²) in [7, 11) is 0. The molecule has 0 aliphatic carbocycles. The Balaban J connectivity index is 2.61. The Morgan fingerprint density at radius 3 is 2.40 bits per heavy atom. The average Bonchev–Trinajstić information content (AvgIpc) is 2.26. The van der Waals surface area contributed by atoms with Crippen molar-refractivity contribution < 1.29 is 9.77 Å². The van der Waals surface area contributed by atoms with E-state index in [1.165, 1.54) is 12.1 Å². The second-order valence-corrected chi connectivity index (χ2v) is 2.73. The fourth-order valence-corrected chi connectivity index (χ4v) is 0.957. The van der Waals surface area contributed by atoms with Crippen LogP contribution >= 0.6 is 0 Å². The van der Waals surface area contributed by atoms with Gasteiger partial charge in [0.15, 0.2) is 0 Å². The van der Waals surface area contributed by atoms with Gasteiger partial charge in [0.1, 0.15) is 0 Å². The van der Waals surface area contributed by atoms with E-state index >= 15 is 0 Å². The number of nitro benzene ring substituents is 1. The zero-order valence-corrected chi connectivity index (χ0v) is 7.79. The van der Waals surface area contributed by atoms with Crippen LogP contribution < -0.4 is 11.2 Å². The Labute approximate surface area is 85.5 Å². The number of hydrazine groups is 1. The summed E-state index contributed by atoms with van der Waals surface area (Å²) in [6.07, 6.45) is 0.839. The van der Waals surface area contributed by atoms with Crippen LogP contribution in [0.5, 0.6) is 0 Å². The Morgan fingerprint density at radius 2 is 1.93 bits per heavy atom. The summed E-state index contributed by atoms with van der Waals surface area (Å²) in [5, 5.41) is 21.0. The second-order valence-electron chi connectivity index (χ2n) is 2.73. The molecule has 0 heterocycles. The molecule has 0 radical (unpaired) electrons. The van der Waals surface area contributed by atoms with Crippen LogP contribution in [0, 0.1) is 15.3 Å². The van der Waals surface area contributed by atoms with Crippen LogP contribution in [0.1, 0.15) is 5.56 Å². The summed E-state index contributed by atoms with van der Waals surface area (Å²) < 4.78 is 0. The van der Waals surface area contributed by atoms with Crippen LogP contribution in [0.3, 0.4) is 0 Å². The minimum absolute atomic E-state index is 0.0168. The monoisotopic (exact) mass is 210 g/mol. The SMILES string of the molecule is NC=[N+]([O-])NCc1ccc([N+](=O)[O-])cc1. The fourth-order valence-electron chi connectivity index (χ4n) is 0.957. The van der Waals surface area contributed by atoms with Crippen molar-refractivity contribution in [3.63, 3.8) is 0 Å². The highest BCUT2D eigenvalue weighted by atomic mass is 16.6. The first kappa shape index (κ1) is 10.8. The van der Waals surface area contributed by atoms with Crippen molar-refractivity contribution in [3.05, 3.63) is 45.2 Å². The van der Waals surface area contributed by atoms with Gasteiger partial charge in [-0.3, -0.25) is 21.3 Å². The number of hydrogen-bond acceptors (Lipinski definition) is 4. The summed E-state index contributed by atoms with van der Waals surface area (Å²) in [5.74, 6) is 0. The molecular formula is C8H10N4O3. The highest BCUT2D eigenvalue weighted by molar-refractivity contribution is 5.44. The molecule has 1 aromatic carbocycles. The Kier molecular flexibility index (Phi) is 3.44. The molecule has 15 heavy (non-hydrogen) atoms. The van der Waals surface area contributed by atoms with Crippen LogP contribution in [0.4, 0.5) is 5.69 Å². The number of nitrogens with two attached hydrogens (primary N) is 1. The molecule has 0 saturated carbocycles. The first-order valence-corrected chi connectivity index (χ1v) is 4.11. The van der Waals surface area contributed by atoms with Gasteiger partial charge in [-0.25, -0.2) is 0 Å². The van der Waals surface area contributed by atoms with Gasteiger partial charge in [-0.15, -0.1) is 0 Å². The number of hydrogen-bond donors (Lipinski definition) is 2. The van der Waals surface area contributed by atoms with E-state index in [0.717, 1.165) is 11.9 Å². The zero-order valence-electron chi connectivity index (χ0n) is 7.79. The predicted octanol–water partition coefficient (Wildman–Crippen LogP) is 0.0967. The molecule has 1 rings (SSSR count). The van der Waals surface area contributed by atoms with Crippen LogP contribution in [0.15, 0.2) is 24.3 Å². The van der Waals surface area contributed by atoms with Crippen LogP contribution in [-0.4, -0.2) is 16.1 Å². The normalized spacial score (nSPS) is 11.1. The van der Waals surface area contributed by atoms with Crippen LogP contribution in [-0.2, 0) is 6.54 Å². The van der Waals surface area contributed by atoms with Crippen molar-refractivity contribution in [2.75, 3.05) is 0 Å². The third-order valence-corrected chi connectivity index (χ3v) is 1.72. The van der Waals surface area contributed by atoms with Gasteiger partial charge in [0.05, 0.1) is 11.5 Å². The number of nitrogens with zero attached hydrogens (tertiary/aromatic N) is 2. The molecule has 0 bridgehead atoms. The van der Waals surface area contributed by atoms with E-state index in [9.17, 15) is 15.3 Å². The minimum atomic E-state index is -0.481. The summed E-state index contributed by atoms with van der Waals surface area (Å²) in [6.45, 7) is 0.259. The Hall–Kier alpha value is -2.31. The molecule has 0 spiro atoms. The van der Waals surface area contributed by atoms with Gasteiger partial charge in [-0.1, -0.05) is 12.1 Å². The van der Waals surface area contributed by atoms with E-state index in [0.29, 0.717) is 4.85 Å². The number of nitro groups is 1. The maximum Gasteiger partial charge on any atom is 0.269 e. The molecule has 0 unspecified atom stereocenters. The Morgan fingerprint density at radius 1 is 1.33 bits per heavy atom. The Bertz CT molecular complexity index is 374.